The van der Waals surface area contributed by atoms with Gasteiger partial charge in [0.25, 0.3) is 0 Å². The summed E-state index contributed by atoms with van der Waals surface area (Å²) in [4.78, 5) is 5.37. The molecule has 0 unspecified atom stereocenters. The summed E-state index contributed by atoms with van der Waals surface area (Å²) in [5.41, 5.74) is -0.0595. The third-order valence-corrected chi connectivity index (χ3v) is 5.09. The highest BCUT2D eigenvalue weighted by molar-refractivity contribution is 6.42. The Balaban J connectivity index is 2.04. The van der Waals surface area contributed by atoms with Gasteiger partial charge in [0.2, 0.25) is 0 Å². The molecule has 0 aromatic heterocycles. The molecular formula is C21H13Cl3F3NO. The molecule has 2 nitrogen and oxygen atoms in total. The summed E-state index contributed by atoms with van der Waals surface area (Å²) in [5.74, 6) is 0. The van der Waals surface area contributed by atoms with Crippen molar-refractivity contribution in [3.05, 3.63) is 104 Å². The largest absolute Gasteiger partial charge is 0.417 e. The number of alkyl halides is 3. The zero-order valence-electron chi connectivity index (χ0n) is 14.7. The van der Waals surface area contributed by atoms with Crippen molar-refractivity contribution in [2.24, 2.45) is 5.16 Å². The molecule has 3 aromatic rings. The van der Waals surface area contributed by atoms with Crippen molar-refractivity contribution in [1.82, 2.24) is 0 Å². The van der Waals surface area contributed by atoms with E-state index >= 15 is 0 Å². The first-order valence-corrected chi connectivity index (χ1v) is 9.46. The molecule has 0 aliphatic rings. The Labute approximate surface area is 180 Å². The molecular weight excluding hydrogens is 446 g/mol. The summed E-state index contributed by atoms with van der Waals surface area (Å²) in [6.07, 6.45) is -4.59. The highest BCUT2D eigenvalue weighted by Crippen LogP contribution is 2.35. The van der Waals surface area contributed by atoms with Gasteiger partial charge in [-0.1, -0.05) is 82.4 Å². The zero-order chi connectivity index (χ0) is 21.0. The van der Waals surface area contributed by atoms with Crippen LogP contribution >= 0.6 is 34.8 Å². The Morgan fingerprint density at radius 2 is 1.62 bits per heavy atom. The minimum Gasteiger partial charge on any atom is -0.390 e. The van der Waals surface area contributed by atoms with Crippen molar-refractivity contribution in [3.63, 3.8) is 0 Å². The van der Waals surface area contributed by atoms with Crippen molar-refractivity contribution < 1.29 is 18.0 Å². The van der Waals surface area contributed by atoms with E-state index < -0.39 is 11.7 Å². The van der Waals surface area contributed by atoms with E-state index in [1.807, 2.05) is 0 Å². The predicted octanol–water partition coefficient (Wildman–Crippen LogP) is 7.63. The van der Waals surface area contributed by atoms with Crippen LogP contribution in [-0.2, 0) is 17.6 Å². The van der Waals surface area contributed by atoms with Crippen LogP contribution in [0, 0.1) is 0 Å². The highest BCUT2D eigenvalue weighted by Gasteiger charge is 2.35. The summed E-state index contributed by atoms with van der Waals surface area (Å²) in [6, 6.07) is 16.7. The van der Waals surface area contributed by atoms with Crippen molar-refractivity contribution in [2.75, 3.05) is 0 Å². The molecule has 0 saturated carbocycles. The second-order valence-corrected chi connectivity index (χ2v) is 7.20. The molecule has 0 bridgehead atoms. The van der Waals surface area contributed by atoms with Crippen molar-refractivity contribution >= 4 is 40.5 Å². The van der Waals surface area contributed by atoms with Crippen LogP contribution in [0.5, 0.6) is 0 Å². The lowest BCUT2D eigenvalue weighted by atomic mass is 9.97. The molecule has 0 N–H and O–H groups in total. The minimum absolute atomic E-state index is 0.00132. The molecule has 29 heavy (non-hydrogen) atoms. The molecule has 0 radical (unpaired) electrons. The average molecular weight is 459 g/mol. The van der Waals surface area contributed by atoms with Gasteiger partial charge in [-0.05, 0) is 24.3 Å². The third kappa shape index (κ3) is 5.24. The smallest absolute Gasteiger partial charge is 0.390 e. The fourth-order valence-electron chi connectivity index (χ4n) is 2.64. The van der Waals surface area contributed by atoms with Crippen molar-refractivity contribution in [2.45, 2.75) is 12.8 Å². The molecule has 0 saturated heterocycles. The van der Waals surface area contributed by atoms with Crippen LogP contribution in [0.3, 0.4) is 0 Å². The van der Waals surface area contributed by atoms with E-state index in [0.717, 1.165) is 6.07 Å². The molecule has 0 heterocycles. The van der Waals surface area contributed by atoms with Gasteiger partial charge in [-0.3, -0.25) is 0 Å². The second kappa shape index (κ2) is 9.08. The Morgan fingerprint density at radius 3 is 2.31 bits per heavy atom. The van der Waals surface area contributed by atoms with Crippen molar-refractivity contribution in [3.8, 4) is 0 Å². The summed E-state index contributed by atoms with van der Waals surface area (Å²) in [5, 5.41) is 4.79. The molecule has 0 fully saturated rings. The standard InChI is InChI=1S/C21H13Cl3F3NO/c22-15-9-10-17(21(25,26)27)16(11-15)20(13-5-2-1-3-6-13)28-29-12-14-7-4-8-18(23)19(14)24/h1-11H,12H2. The van der Waals surface area contributed by atoms with Gasteiger partial charge in [0.15, 0.2) is 0 Å². The Kier molecular flexibility index (Phi) is 6.73. The second-order valence-electron chi connectivity index (χ2n) is 5.98. The molecule has 150 valence electrons. The van der Waals surface area contributed by atoms with Crippen LogP contribution in [0.2, 0.25) is 15.1 Å². The molecule has 0 amide bonds. The van der Waals surface area contributed by atoms with E-state index in [0.29, 0.717) is 21.2 Å². The SMILES string of the molecule is FC(F)(F)c1ccc(Cl)cc1C(=NOCc1cccc(Cl)c1Cl)c1ccccc1. The first-order chi connectivity index (χ1) is 13.8. The van der Waals surface area contributed by atoms with Crippen LogP contribution in [0.25, 0.3) is 0 Å². The van der Waals surface area contributed by atoms with E-state index in [4.69, 9.17) is 39.6 Å². The molecule has 3 aromatic carbocycles. The molecule has 8 heteroatoms. The van der Waals surface area contributed by atoms with E-state index in [1.54, 1.807) is 48.5 Å². The van der Waals surface area contributed by atoms with Gasteiger partial charge in [0.1, 0.15) is 12.3 Å². The van der Waals surface area contributed by atoms with Crippen LogP contribution in [-0.4, -0.2) is 5.71 Å². The number of hydrogen-bond acceptors (Lipinski definition) is 2. The number of rotatable bonds is 5. The number of nitrogens with zero attached hydrogens (tertiary/aromatic N) is 1. The maximum Gasteiger partial charge on any atom is 0.417 e. The van der Waals surface area contributed by atoms with E-state index in [2.05, 4.69) is 5.16 Å². The Hall–Kier alpha value is -2.21. The molecule has 0 spiro atoms. The maximum absolute atomic E-state index is 13.6. The first-order valence-electron chi connectivity index (χ1n) is 8.33. The third-order valence-electron chi connectivity index (χ3n) is 4.00. The van der Waals surface area contributed by atoms with Crippen LogP contribution in [0.1, 0.15) is 22.3 Å². The summed E-state index contributed by atoms with van der Waals surface area (Å²) in [6.45, 7) is -0.0718. The molecule has 3 rings (SSSR count). The lowest BCUT2D eigenvalue weighted by Crippen LogP contribution is -2.15. The monoisotopic (exact) mass is 457 g/mol. The Bertz CT molecular complexity index is 1040. The minimum atomic E-state index is -4.59. The van der Waals surface area contributed by atoms with Crippen LogP contribution < -0.4 is 0 Å². The number of halogens is 6. The van der Waals surface area contributed by atoms with E-state index in [1.165, 1.54) is 12.1 Å². The lowest BCUT2D eigenvalue weighted by molar-refractivity contribution is -0.137. The van der Waals surface area contributed by atoms with Crippen LogP contribution in [0.15, 0.2) is 71.9 Å². The van der Waals surface area contributed by atoms with Gasteiger partial charge >= 0.3 is 6.18 Å². The quantitative estimate of drug-likeness (QED) is 0.284. The molecule has 0 aliphatic carbocycles. The number of hydrogen-bond donors (Lipinski definition) is 0. The van der Waals surface area contributed by atoms with E-state index in [-0.39, 0.29) is 22.9 Å². The molecule has 0 aliphatic heterocycles. The topological polar surface area (TPSA) is 21.6 Å². The molecule has 0 atom stereocenters. The number of oxime groups is 1. The van der Waals surface area contributed by atoms with Gasteiger partial charge in [-0.2, -0.15) is 13.2 Å². The summed E-state index contributed by atoms with van der Waals surface area (Å²) in [7, 11) is 0. The number of benzene rings is 3. The van der Waals surface area contributed by atoms with Gasteiger partial charge < -0.3 is 4.84 Å². The maximum atomic E-state index is 13.6. The summed E-state index contributed by atoms with van der Waals surface area (Å²) >= 11 is 18.1. The van der Waals surface area contributed by atoms with Gasteiger partial charge in [-0.25, -0.2) is 0 Å². The normalized spacial score (nSPS) is 12.1. The summed E-state index contributed by atoms with van der Waals surface area (Å²) < 4.78 is 40.7. The fraction of sp³-hybridized carbons (Fsp3) is 0.0952. The van der Waals surface area contributed by atoms with Gasteiger partial charge in [-0.15, -0.1) is 0 Å². The zero-order valence-corrected chi connectivity index (χ0v) is 16.9. The Morgan fingerprint density at radius 1 is 0.897 bits per heavy atom. The van der Waals surface area contributed by atoms with Crippen molar-refractivity contribution in [1.29, 1.82) is 0 Å². The predicted molar refractivity (Wildman–Crippen MR) is 110 cm³/mol. The van der Waals surface area contributed by atoms with Gasteiger partial charge in [0.05, 0.1) is 15.6 Å². The fourth-order valence-corrected chi connectivity index (χ4v) is 3.19. The highest BCUT2D eigenvalue weighted by atomic mass is 35.5. The average Bonchev–Trinajstić information content (AvgIpc) is 2.68. The lowest BCUT2D eigenvalue weighted by Gasteiger charge is -2.15. The van der Waals surface area contributed by atoms with Crippen LogP contribution in [0.4, 0.5) is 13.2 Å². The van der Waals surface area contributed by atoms with Gasteiger partial charge in [0, 0.05) is 21.7 Å². The first kappa shape index (κ1) is 21.5. The van der Waals surface area contributed by atoms with E-state index in [9.17, 15) is 13.2 Å².